The zero-order chi connectivity index (χ0) is 14.6. The molecule has 0 unspecified atom stereocenters. The van der Waals surface area contributed by atoms with E-state index in [1.54, 1.807) is 9.80 Å². The van der Waals surface area contributed by atoms with Crippen LogP contribution in [0.3, 0.4) is 0 Å². The smallest absolute Gasteiger partial charge is 0.329 e. The fourth-order valence-corrected chi connectivity index (χ4v) is 2.06. The molecule has 0 saturated carbocycles. The Bertz CT molecular complexity index is 375. The lowest BCUT2D eigenvalue weighted by molar-refractivity contribution is -0.160. The monoisotopic (exact) mass is 270 g/mol. The van der Waals surface area contributed by atoms with Gasteiger partial charge in [0.1, 0.15) is 12.2 Å². The van der Waals surface area contributed by atoms with E-state index in [4.69, 9.17) is 9.84 Å². The number of hydrogen-bond donors (Lipinski definition) is 1. The van der Waals surface area contributed by atoms with E-state index in [-0.39, 0.29) is 12.6 Å². The minimum Gasteiger partial charge on any atom is -0.480 e. The molecule has 0 bridgehead atoms. The molecular formula is C13H22N2O4. The van der Waals surface area contributed by atoms with E-state index in [1.807, 2.05) is 20.8 Å². The fourth-order valence-electron chi connectivity index (χ4n) is 2.06. The summed E-state index contributed by atoms with van der Waals surface area (Å²) in [6.45, 7) is 11.1. The molecule has 0 aromatic carbocycles. The second-order valence-corrected chi connectivity index (χ2v) is 5.24. The molecule has 0 radical (unpaired) electrons. The van der Waals surface area contributed by atoms with Crippen molar-refractivity contribution in [3.8, 4) is 0 Å². The van der Waals surface area contributed by atoms with Gasteiger partial charge in [0.25, 0.3) is 0 Å². The first-order valence-corrected chi connectivity index (χ1v) is 6.31. The largest absolute Gasteiger partial charge is 0.480 e. The molecule has 1 heterocycles. The summed E-state index contributed by atoms with van der Waals surface area (Å²) in [4.78, 5) is 26.0. The summed E-state index contributed by atoms with van der Waals surface area (Å²) in [6, 6.07) is -0.0538. The van der Waals surface area contributed by atoms with Gasteiger partial charge in [-0.2, -0.15) is 0 Å². The van der Waals surface area contributed by atoms with Crippen molar-refractivity contribution in [1.29, 1.82) is 0 Å². The van der Waals surface area contributed by atoms with Crippen LogP contribution in [0.2, 0.25) is 0 Å². The highest BCUT2D eigenvalue weighted by molar-refractivity contribution is 5.76. The van der Waals surface area contributed by atoms with E-state index in [9.17, 15) is 9.59 Å². The normalized spacial score (nSPS) is 16.7. The minimum atomic E-state index is -0.997. The van der Waals surface area contributed by atoms with Crippen LogP contribution in [0.4, 0.5) is 4.79 Å². The van der Waals surface area contributed by atoms with Crippen molar-refractivity contribution in [1.82, 2.24) is 9.80 Å². The maximum Gasteiger partial charge on any atom is 0.329 e. The molecule has 1 fully saturated rings. The van der Waals surface area contributed by atoms with E-state index >= 15 is 0 Å². The number of nitrogens with zero attached hydrogens (tertiary/aromatic N) is 2. The molecule has 19 heavy (non-hydrogen) atoms. The number of likely N-dealkylation sites (N-methyl/N-ethyl adjacent to an activating group) is 1. The van der Waals surface area contributed by atoms with Crippen LogP contribution in [0.5, 0.6) is 0 Å². The number of rotatable bonds is 6. The maximum absolute atomic E-state index is 12.2. The third-order valence-electron chi connectivity index (χ3n) is 2.98. The van der Waals surface area contributed by atoms with Gasteiger partial charge in [-0.05, 0) is 20.8 Å². The fraction of sp³-hybridized carbons (Fsp3) is 0.692. The van der Waals surface area contributed by atoms with Gasteiger partial charge in [-0.3, -0.25) is 0 Å². The SMILES string of the molecule is C=C(C)CN(CC)C(=O)N1CC(C)(OCC(=O)O)C1. The minimum absolute atomic E-state index is 0.0538. The third-order valence-corrected chi connectivity index (χ3v) is 2.98. The van der Waals surface area contributed by atoms with Crippen LogP contribution < -0.4 is 0 Å². The van der Waals surface area contributed by atoms with Gasteiger partial charge in [0.05, 0.1) is 13.1 Å². The highest BCUT2D eigenvalue weighted by Gasteiger charge is 2.43. The zero-order valence-corrected chi connectivity index (χ0v) is 11.8. The molecule has 0 aromatic rings. The van der Waals surface area contributed by atoms with Gasteiger partial charge in [0.15, 0.2) is 0 Å². The zero-order valence-electron chi connectivity index (χ0n) is 11.8. The van der Waals surface area contributed by atoms with Crippen LogP contribution in [-0.2, 0) is 9.53 Å². The quantitative estimate of drug-likeness (QED) is 0.736. The molecule has 0 atom stereocenters. The number of likely N-dealkylation sites (tertiary alicyclic amines) is 1. The second kappa shape index (κ2) is 6.06. The summed E-state index contributed by atoms with van der Waals surface area (Å²) in [7, 11) is 0. The Morgan fingerprint density at radius 1 is 1.47 bits per heavy atom. The van der Waals surface area contributed by atoms with Crippen LogP contribution in [-0.4, -0.2) is 65.3 Å². The molecule has 0 aliphatic carbocycles. The molecule has 1 aliphatic rings. The molecule has 1 N–H and O–H groups in total. The molecule has 1 saturated heterocycles. The van der Waals surface area contributed by atoms with Crippen LogP contribution >= 0.6 is 0 Å². The van der Waals surface area contributed by atoms with E-state index in [0.29, 0.717) is 26.2 Å². The predicted molar refractivity (Wildman–Crippen MR) is 71.0 cm³/mol. The van der Waals surface area contributed by atoms with Crippen LogP contribution in [0, 0.1) is 0 Å². The number of aliphatic carboxylic acids is 1. The van der Waals surface area contributed by atoms with Crippen molar-refractivity contribution >= 4 is 12.0 Å². The van der Waals surface area contributed by atoms with Gasteiger partial charge in [0.2, 0.25) is 0 Å². The van der Waals surface area contributed by atoms with Crippen molar-refractivity contribution < 1.29 is 19.4 Å². The summed E-state index contributed by atoms with van der Waals surface area (Å²) >= 11 is 0. The van der Waals surface area contributed by atoms with Crippen LogP contribution in [0.15, 0.2) is 12.2 Å². The molecule has 0 spiro atoms. The van der Waals surface area contributed by atoms with Gasteiger partial charge in [-0.25, -0.2) is 9.59 Å². The number of carbonyl (C=O) groups excluding carboxylic acids is 1. The number of carboxylic acids is 1. The molecule has 2 amide bonds. The predicted octanol–water partition coefficient (Wildman–Crippen LogP) is 1.18. The van der Waals surface area contributed by atoms with Crippen LogP contribution in [0.25, 0.3) is 0 Å². The summed E-state index contributed by atoms with van der Waals surface area (Å²) in [5, 5.41) is 8.57. The van der Waals surface area contributed by atoms with Gasteiger partial charge in [0, 0.05) is 13.1 Å². The van der Waals surface area contributed by atoms with Gasteiger partial charge >= 0.3 is 12.0 Å². The Labute approximate surface area is 113 Å². The Hall–Kier alpha value is -1.56. The Morgan fingerprint density at radius 3 is 2.47 bits per heavy atom. The highest BCUT2D eigenvalue weighted by atomic mass is 16.5. The van der Waals surface area contributed by atoms with E-state index in [1.165, 1.54) is 0 Å². The summed E-state index contributed by atoms with van der Waals surface area (Å²) in [6.07, 6.45) is 0. The molecule has 6 nitrogen and oxygen atoms in total. The lowest BCUT2D eigenvalue weighted by atomic mass is 9.97. The maximum atomic E-state index is 12.2. The summed E-state index contributed by atoms with van der Waals surface area (Å²) in [5.41, 5.74) is 0.386. The third kappa shape index (κ3) is 4.24. The van der Waals surface area contributed by atoms with E-state index in [0.717, 1.165) is 5.57 Å². The molecule has 1 rings (SSSR count). The lowest BCUT2D eigenvalue weighted by Crippen LogP contribution is -2.65. The first-order valence-electron chi connectivity index (χ1n) is 6.31. The summed E-state index contributed by atoms with van der Waals surface area (Å²) < 4.78 is 5.27. The van der Waals surface area contributed by atoms with Gasteiger partial charge in [-0.1, -0.05) is 12.2 Å². The number of hydrogen-bond acceptors (Lipinski definition) is 3. The number of urea groups is 1. The second-order valence-electron chi connectivity index (χ2n) is 5.24. The van der Waals surface area contributed by atoms with E-state index in [2.05, 4.69) is 6.58 Å². The highest BCUT2D eigenvalue weighted by Crippen LogP contribution is 2.25. The molecule has 0 aromatic heterocycles. The number of carbonyl (C=O) groups is 2. The van der Waals surface area contributed by atoms with Crippen molar-refractivity contribution in [2.24, 2.45) is 0 Å². The number of ether oxygens (including phenoxy) is 1. The molecule has 108 valence electrons. The average Bonchev–Trinajstić information content (AvgIpc) is 2.28. The van der Waals surface area contributed by atoms with Crippen LogP contribution in [0.1, 0.15) is 20.8 Å². The average molecular weight is 270 g/mol. The van der Waals surface area contributed by atoms with Crippen molar-refractivity contribution in [3.63, 3.8) is 0 Å². The van der Waals surface area contributed by atoms with Gasteiger partial charge in [-0.15, -0.1) is 0 Å². The Morgan fingerprint density at radius 2 is 2.05 bits per heavy atom. The number of carboxylic acid groups (broad SMARTS) is 1. The topological polar surface area (TPSA) is 70.1 Å². The summed E-state index contributed by atoms with van der Waals surface area (Å²) in [5.74, 6) is -0.997. The standard InChI is InChI=1S/C13H22N2O4/c1-5-14(6-10(2)3)12(18)15-8-13(4,9-15)19-7-11(16)17/h2,5-9H2,1,3-4H3,(H,16,17). The Kier molecular flexibility index (Phi) is 4.94. The molecule has 1 aliphatic heterocycles. The lowest BCUT2D eigenvalue weighted by Gasteiger charge is -2.48. The van der Waals surface area contributed by atoms with Crippen molar-refractivity contribution in [2.75, 3.05) is 32.8 Å². The first kappa shape index (κ1) is 15.5. The number of amides is 2. The van der Waals surface area contributed by atoms with E-state index < -0.39 is 11.6 Å². The Balaban J connectivity index is 2.45. The molecular weight excluding hydrogens is 248 g/mol. The first-order chi connectivity index (χ1) is 8.77. The molecule has 6 heteroatoms. The van der Waals surface area contributed by atoms with Crippen molar-refractivity contribution in [3.05, 3.63) is 12.2 Å². The van der Waals surface area contributed by atoms with Gasteiger partial charge < -0.3 is 19.6 Å². The van der Waals surface area contributed by atoms with Crippen molar-refractivity contribution in [2.45, 2.75) is 26.4 Å².